The molecule has 0 unspecified atom stereocenters. The molecule has 1 N–H and O–H groups in total. The number of pyridine rings is 1. The Morgan fingerprint density at radius 1 is 1.55 bits per heavy atom. The summed E-state index contributed by atoms with van der Waals surface area (Å²) < 4.78 is 0. The van der Waals surface area contributed by atoms with Crippen molar-refractivity contribution < 1.29 is 5.11 Å². The fourth-order valence-electron chi connectivity index (χ4n) is 0.638. The van der Waals surface area contributed by atoms with Crippen molar-refractivity contribution in [3.63, 3.8) is 0 Å². The van der Waals surface area contributed by atoms with Gasteiger partial charge in [-0.25, -0.2) is 0 Å². The smallest absolute Gasteiger partial charge is 0.135 e. The van der Waals surface area contributed by atoms with Gasteiger partial charge in [-0.1, -0.05) is 11.8 Å². The maximum Gasteiger partial charge on any atom is 0.135 e. The van der Waals surface area contributed by atoms with Gasteiger partial charge in [-0.05, 0) is 6.07 Å². The van der Waals surface area contributed by atoms with Gasteiger partial charge in [-0.3, -0.25) is 4.98 Å². The van der Waals surface area contributed by atoms with Crippen molar-refractivity contribution in [2.24, 2.45) is 0 Å². The highest BCUT2D eigenvalue weighted by Crippen LogP contribution is 2.06. The van der Waals surface area contributed by atoms with Crippen molar-refractivity contribution in [3.05, 3.63) is 24.0 Å². The van der Waals surface area contributed by atoms with Gasteiger partial charge in [-0.2, -0.15) is 12.6 Å². The average molecular weight is 165 g/mol. The van der Waals surface area contributed by atoms with E-state index < -0.39 is 0 Å². The second kappa shape index (κ2) is 3.89. The van der Waals surface area contributed by atoms with E-state index in [0.717, 1.165) is 0 Å². The molecule has 0 atom stereocenters. The fourth-order valence-corrected chi connectivity index (χ4v) is 0.717. The summed E-state index contributed by atoms with van der Waals surface area (Å²) in [6.07, 6.45) is 2.96. The van der Waals surface area contributed by atoms with Gasteiger partial charge in [0.2, 0.25) is 0 Å². The number of aromatic nitrogens is 1. The lowest BCUT2D eigenvalue weighted by Crippen LogP contribution is -1.76. The Hall–Kier alpha value is -1.14. The fraction of sp³-hybridized carbons (Fsp3) is 0.125. The summed E-state index contributed by atoms with van der Waals surface area (Å²) in [5, 5.41) is 8.96. The summed E-state index contributed by atoms with van der Waals surface area (Å²) >= 11 is 3.92. The Kier molecular flexibility index (Phi) is 2.82. The van der Waals surface area contributed by atoms with E-state index >= 15 is 0 Å². The Morgan fingerprint density at radius 3 is 3.00 bits per heavy atom. The first kappa shape index (κ1) is 7.96. The van der Waals surface area contributed by atoms with Crippen LogP contribution in [0.4, 0.5) is 0 Å². The third-order valence-corrected chi connectivity index (χ3v) is 1.19. The molecule has 0 aliphatic heterocycles. The monoisotopic (exact) mass is 165 g/mol. The van der Waals surface area contributed by atoms with E-state index in [-0.39, 0.29) is 5.75 Å². The van der Waals surface area contributed by atoms with Crippen LogP contribution >= 0.6 is 12.6 Å². The van der Waals surface area contributed by atoms with Crippen LogP contribution in [-0.2, 0) is 0 Å². The van der Waals surface area contributed by atoms with E-state index in [1.807, 2.05) is 0 Å². The van der Waals surface area contributed by atoms with E-state index in [4.69, 9.17) is 5.11 Å². The highest BCUT2D eigenvalue weighted by atomic mass is 32.1. The molecule has 0 bridgehead atoms. The highest BCUT2D eigenvalue weighted by molar-refractivity contribution is 7.80. The Labute approximate surface area is 70.7 Å². The molecule has 0 fully saturated rings. The normalized spacial score (nSPS) is 8.45. The lowest BCUT2D eigenvalue weighted by Gasteiger charge is -1.89. The molecule has 0 radical (unpaired) electrons. The second-order valence-electron chi connectivity index (χ2n) is 1.89. The summed E-state index contributed by atoms with van der Waals surface area (Å²) in [5.41, 5.74) is 0.707. The van der Waals surface area contributed by atoms with Crippen LogP contribution in [0.1, 0.15) is 5.56 Å². The molecule has 0 aliphatic rings. The van der Waals surface area contributed by atoms with Gasteiger partial charge in [0.15, 0.2) is 0 Å². The largest absolute Gasteiger partial charge is 0.506 e. The summed E-state index contributed by atoms with van der Waals surface area (Å²) in [6, 6.07) is 1.56. The summed E-state index contributed by atoms with van der Waals surface area (Å²) in [6.45, 7) is 0. The molecule has 0 aromatic carbocycles. The highest BCUT2D eigenvalue weighted by Gasteiger charge is 1.88. The lowest BCUT2D eigenvalue weighted by atomic mass is 10.3. The van der Waals surface area contributed by atoms with Crippen LogP contribution in [0.2, 0.25) is 0 Å². The average Bonchev–Trinajstić information content (AvgIpc) is 2.01. The SMILES string of the molecule is Oc1cncc(C#CCS)c1. The molecular weight excluding hydrogens is 158 g/mol. The first-order valence-corrected chi connectivity index (χ1v) is 3.70. The van der Waals surface area contributed by atoms with Crippen LogP contribution in [-0.4, -0.2) is 15.8 Å². The molecule has 3 heteroatoms. The van der Waals surface area contributed by atoms with Crippen LogP contribution in [0, 0.1) is 11.8 Å². The first-order chi connectivity index (χ1) is 5.33. The van der Waals surface area contributed by atoms with E-state index in [1.165, 1.54) is 6.20 Å². The van der Waals surface area contributed by atoms with E-state index in [2.05, 4.69) is 29.5 Å². The standard InChI is InChI=1S/C8H7NOS/c10-8-4-7(2-1-3-11)5-9-6-8/h4-6,10-11H,3H2. The van der Waals surface area contributed by atoms with E-state index in [1.54, 1.807) is 12.3 Å². The minimum atomic E-state index is 0.135. The van der Waals surface area contributed by atoms with Crippen molar-refractivity contribution in [3.8, 4) is 17.6 Å². The molecule has 56 valence electrons. The van der Waals surface area contributed by atoms with Gasteiger partial charge in [0.1, 0.15) is 5.75 Å². The van der Waals surface area contributed by atoms with Gasteiger partial charge in [0.05, 0.1) is 11.9 Å². The topological polar surface area (TPSA) is 33.1 Å². The zero-order chi connectivity index (χ0) is 8.10. The zero-order valence-electron chi connectivity index (χ0n) is 5.78. The number of nitrogens with zero attached hydrogens (tertiary/aromatic N) is 1. The number of thiol groups is 1. The molecule has 0 saturated heterocycles. The van der Waals surface area contributed by atoms with Crippen LogP contribution < -0.4 is 0 Å². The lowest BCUT2D eigenvalue weighted by molar-refractivity contribution is 0.472. The maximum atomic E-state index is 8.96. The quantitative estimate of drug-likeness (QED) is 0.445. The van der Waals surface area contributed by atoms with E-state index in [9.17, 15) is 0 Å². The molecule has 1 aromatic heterocycles. The molecule has 2 nitrogen and oxygen atoms in total. The number of hydrogen-bond donors (Lipinski definition) is 2. The van der Waals surface area contributed by atoms with Gasteiger partial charge in [-0.15, -0.1) is 0 Å². The van der Waals surface area contributed by atoms with Crippen molar-refractivity contribution in [2.45, 2.75) is 0 Å². The zero-order valence-corrected chi connectivity index (χ0v) is 6.68. The third-order valence-electron chi connectivity index (χ3n) is 1.04. The molecule has 11 heavy (non-hydrogen) atoms. The van der Waals surface area contributed by atoms with Gasteiger partial charge in [0, 0.05) is 11.8 Å². The van der Waals surface area contributed by atoms with Crippen molar-refractivity contribution >= 4 is 12.6 Å². The Morgan fingerprint density at radius 2 is 2.36 bits per heavy atom. The molecular formula is C8H7NOS. The predicted octanol–water partition coefficient (Wildman–Crippen LogP) is 1.07. The van der Waals surface area contributed by atoms with Crippen molar-refractivity contribution in [1.82, 2.24) is 4.98 Å². The van der Waals surface area contributed by atoms with Crippen molar-refractivity contribution in [1.29, 1.82) is 0 Å². The maximum absolute atomic E-state index is 8.96. The minimum absolute atomic E-state index is 0.135. The molecule has 0 saturated carbocycles. The minimum Gasteiger partial charge on any atom is -0.506 e. The molecule has 1 heterocycles. The summed E-state index contributed by atoms with van der Waals surface area (Å²) in [4.78, 5) is 3.76. The molecule has 1 rings (SSSR count). The Balaban J connectivity index is 2.87. The summed E-state index contributed by atoms with van der Waals surface area (Å²) in [7, 11) is 0. The summed E-state index contributed by atoms with van der Waals surface area (Å²) in [5.74, 6) is 6.19. The first-order valence-electron chi connectivity index (χ1n) is 3.06. The number of hydrogen-bond acceptors (Lipinski definition) is 3. The third kappa shape index (κ3) is 2.52. The second-order valence-corrected chi connectivity index (χ2v) is 2.21. The van der Waals surface area contributed by atoms with Gasteiger partial charge >= 0.3 is 0 Å². The number of rotatable bonds is 0. The van der Waals surface area contributed by atoms with Crippen LogP contribution in [0.5, 0.6) is 5.75 Å². The Bertz CT molecular complexity index is 300. The van der Waals surface area contributed by atoms with E-state index in [0.29, 0.717) is 11.3 Å². The van der Waals surface area contributed by atoms with Gasteiger partial charge < -0.3 is 5.11 Å². The molecule has 0 amide bonds. The predicted molar refractivity (Wildman–Crippen MR) is 46.6 cm³/mol. The number of aromatic hydroxyl groups is 1. The van der Waals surface area contributed by atoms with Crippen LogP contribution in [0.3, 0.4) is 0 Å². The molecule has 1 aromatic rings. The van der Waals surface area contributed by atoms with Crippen LogP contribution in [0.15, 0.2) is 18.5 Å². The molecule has 0 spiro atoms. The van der Waals surface area contributed by atoms with Crippen LogP contribution in [0.25, 0.3) is 0 Å². The van der Waals surface area contributed by atoms with Crippen molar-refractivity contribution in [2.75, 3.05) is 5.75 Å². The molecule has 0 aliphatic carbocycles. The van der Waals surface area contributed by atoms with Gasteiger partial charge in [0.25, 0.3) is 0 Å².